The van der Waals surface area contributed by atoms with Crippen LogP contribution in [0.25, 0.3) is 11.2 Å². The monoisotopic (exact) mass is 368 g/mol. The molecular weight excluding hydrogens is 343 g/mol. The van der Waals surface area contributed by atoms with Crippen molar-refractivity contribution < 1.29 is 9.13 Å². The molecule has 1 fully saturated rings. The highest BCUT2D eigenvalue weighted by molar-refractivity contribution is 5.73. The minimum absolute atomic E-state index is 0.294. The molecule has 0 spiro atoms. The second-order valence-corrected chi connectivity index (χ2v) is 7.55. The van der Waals surface area contributed by atoms with Crippen LogP contribution in [0.5, 0.6) is 5.75 Å². The van der Waals surface area contributed by atoms with Crippen LogP contribution in [0.15, 0.2) is 24.7 Å². The van der Waals surface area contributed by atoms with Gasteiger partial charge in [-0.1, -0.05) is 13.3 Å². The molecule has 3 aromatic rings. The molecule has 0 bridgehead atoms. The number of hydrogen-bond donors (Lipinski definition) is 1. The molecule has 27 heavy (non-hydrogen) atoms. The van der Waals surface area contributed by atoms with Crippen molar-refractivity contribution in [1.29, 1.82) is 0 Å². The molecule has 0 amide bonds. The molecule has 1 saturated carbocycles. The molecule has 1 aliphatic carbocycles. The molecule has 4 rings (SSSR count). The Kier molecular flexibility index (Phi) is 4.81. The van der Waals surface area contributed by atoms with Gasteiger partial charge in [0, 0.05) is 5.56 Å². The number of rotatable bonds is 7. The second kappa shape index (κ2) is 7.25. The summed E-state index contributed by atoms with van der Waals surface area (Å²) in [7, 11) is 1.50. The Morgan fingerprint density at radius 3 is 2.85 bits per heavy atom. The maximum absolute atomic E-state index is 14.3. The van der Waals surface area contributed by atoms with Gasteiger partial charge in [-0.2, -0.15) is 5.10 Å². The smallest absolute Gasteiger partial charge is 0.199 e. The number of benzene rings is 1. The lowest BCUT2D eigenvalue weighted by Crippen LogP contribution is -2.18. The molecule has 1 aromatic carbocycles. The molecule has 0 saturated heterocycles. The molecular formula is C21H25FN4O. The number of methoxy groups -OCH3 is 1. The Morgan fingerprint density at radius 1 is 1.33 bits per heavy atom. The number of H-pyrrole nitrogens is 1. The van der Waals surface area contributed by atoms with E-state index < -0.39 is 0 Å². The van der Waals surface area contributed by atoms with Gasteiger partial charge in [0.1, 0.15) is 0 Å². The summed E-state index contributed by atoms with van der Waals surface area (Å²) < 4.78 is 19.4. The number of halogens is 1. The zero-order valence-corrected chi connectivity index (χ0v) is 16.0. The molecule has 6 heteroatoms. The van der Waals surface area contributed by atoms with Crippen molar-refractivity contribution in [3.8, 4) is 5.75 Å². The van der Waals surface area contributed by atoms with Crippen LogP contribution in [-0.4, -0.2) is 27.3 Å². The topological polar surface area (TPSA) is 63.7 Å². The van der Waals surface area contributed by atoms with Crippen molar-refractivity contribution >= 4 is 11.2 Å². The van der Waals surface area contributed by atoms with Crippen molar-refractivity contribution in [1.82, 2.24) is 20.2 Å². The van der Waals surface area contributed by atoms with E-state index in [4.69, 9.17) is 4.74 Å². The SMILES string of the molecule is CCC(Cc1cc(F)c(OC)cc1C)C(c1cnnc2nc[nH]c12)C1CC1. The van der Waals surface area contributed by atoms with E-state index in [1.807, 2.05) is 13.1 Å². The quantitative estimate of drug-likeness (QED) is 0.663. The van der Waals surface area contributed by atoms with Crippen molar-refractivity contribution in [2.24, 2.45) is 11.8 Å². The van der Waals surface area contributed by atoms with Gasteiger partial charge in [-0.3, -0.25) is 0 Å². The van der Waals surface area contributed by atoms with Gasteiger partial charge < -0.3 is 9.72 Å². The Bertz CT molecular complexity index is 951. The minimum atomic E-state index is -0.294. The minimum Gasteiger partial charge on any atom is -0.494 e. The summed E-state index contributed by atoms with van der Waals surface area (Å²) in [4.78, 5) is 7.50. The lowest BCUT2D eigenvalue weighted by molar-refractivity contribution is 0.369. The number of nitrogens with zero attached hydrogens (tertiary/aromatic N) is 3. The lowest BCUT2D eigenvalue weighted by atomic mass is 9.77. The number of ether oxygens (including phenoxy) is 1. The fourth-order valence-electron chi connectivity index (χ4n) is 4.27. The van der Waals surface area contributed by atoms with E-state index in [1.165, 1.54) is 25.5 Å². The summed E-state index contributed by atoms with van der Waals surface area (Å²) in [5.41, 5.74) is 4.96. The lowest BCUT2D eigenvalue weighted by Gasteiger charge is -2.27. The highest BCUT2D eigenvalue weighted by Crippen LogP contribution is 2.49. The third-order valence-electron chi connectivity index (χ3n) is 5.87. The Hall–Kier alpha value is -2.50. The second-order valence-electron chi connectivity index (χ2n) is 7.55. The third kappa shape index (κ3) is 3.40. The van der Waals surface area contributed by atoms with E-state index >= 15 is 0 Å². The predicted octanol–water partition coefficient (Wildman–Crippen LogP) is 4.57. The number of aryl methyl sites for hydroxylation is 1. The van der Waals surface area contributed by atoms with Gasteiger partial charge in [0.15, 0.2) is 17.2 Å². The fraction of sp³-hybridized carbons (Fsp3) is 0.476. The van der Waals surface area contributed by atoms with Crippen LogP contribution >= 0.6 is 0 Å². The molecule has 0 radical (unpaired) electrons. The van der Waals surface area contributed by atoms with E-state index in [9.17, 15) is 4.39 Å². The molecule has 1 aliphatic rings. The first kappa shape index (κ1) is 17.9. The number of aromatic amines is 1. The van der Waals surface area contributed by atoms with Gasteiger partial charge in [-0.05, 0) is 67.2 Å². The van der Waals surface area contributed by atoms with Crippen molar-refractivity contribution in [2.75, 3.05) is 7.11 Å². The van der Waals surface area contributed by atoms with Crippen LogP contribution in [0.2, 0.25) is 0 Å². The van der Waals surface area contributed by atoms with Crippen LogP contribution < -0.4 is 4.74 Å². The first-order valence-electron chi connectivity index (χ1n) is 9.60. The largest absolute Gasteiger partial charge is 0.494 e. The van der Waals surface area contributed by atoms with E-state index in [0.29, 0.717) is 29.2 Å². The Labute approximate surface area is 158 Å². The van der Waals surface area contributed by atoms with E-state index in [1.54, 1.807) is 18.5 Å². The summed E-state index contributed by atoms with van der Waals surface area (Å²) in [6, 6.07) is 3.43. The van der Waals surface area contributed by atoms with Gasteiger partial charge >= 0.3 is 0 Å². The molecule has 0 aliphatic heterocycles. The Balaban J connectivity index is 1.70. The van der Waals surface area contributed by atoms with Gasteiger partial charge in [0.05, 0.1) is 25.2 Å². The maximum atomic E-state index is 14.3. The first-order valence-corrected chi connectivity index (χ1v) is 9.60. The van der Waals surface area contributed by atoms with Gasteiger partial charge in [0.2, 0.25) is 0 Å². The Morgan fingerprint density at radius 2 is 2.15 bits per heavy atom. The van der Waals surface area contributed by atoms with Crippen molar-refractivity contribution in [3.05, 3.63) is 47.2 Å². The van der Waals surface area contributed by atoms with E-state index in [-0.39, 0.29) is 5.82 Å². The van der Waals surface area contributed by atoms with Crippen LogP contribution in [0.1, 0.15) is 48.8 Å². The molecule has 2 heterocycles. The highest BCUT2D eigenvalue weighted by atomic mass is 19.1. The maximum Gasteiger partial charge on any atom is 0.199 e. The van der Waals surface area contributed by atoms with Crippen LogP contribution in [0, 0.1) is 24.6 Å². The van der Waals surface area contributed by atoms with E-state index in [2.05, 4.69) is 27.1 Å². The van der Waals surface area contributed by atoms with Gasteiger partial charge in [0.25, 0.3) is 0 Å². The molecule has 2 aromatic heterocycles. The third-order valence-corrected chi connectivity index (χ3v) is 5.87. The van der Waals surface area contributed by atoms with Crippen molar-refractivity contribution in [3.63, 3.8) is 0 Å². The highest BCUT2D eigenvalue weighted by Gasteiger charge is 2.38. The summed E-state index contributed by atoms with van der Waals surface area (Å²) in [6.45, 7) is 4.24. The number of aromatic nitrogens is 4. The van der Waals surface area contributed by atoms with Crippen LogP contribution in [-0.2, 0) is 6.42 Å². The van der Waals surface area contributed by atoms with Gasteiger partial charge in [-0.25, -0.2) is 9.37 Å². The summed E-state index contributed by atoms with van der Waals surface area (Å²) in [5, 5.41) is 8.31. The van der Waals surface area contributed by atoms with Crippen LogP contribution in [0.4, 0.5) is 4.39 Å². The molecule has 5 nitrogen and oxygen atoms in total. The zero-order valence-electron chi connectivity index (χ0n) is 16.0. The summed E-state index contributed by atoms with van der Waals surface area (Å²) in [5.74, 6) is 1.43. The normalized spacial score (nSPS) is 16.4. The van der Waals surface area contributed by atoms with Crippen molar-refractivity contribution in [2.45, 2.75) is 45.4 Å². The fourth-order valence-corrected chi connectivity index (χ4v) is 4.27. The zero-order chi connectivity index (χ0) is 19.0. The van der Waals surface area contributed by atoms with Crippen LogP contribution in [0.3, 0.4) is 0 Å². The van der Waals surface area contributed by atoms with Gasteiger partial charge in [-0.15, -0.1) is 5.10 Å². The summed E-state index contributed by atoms with van der Waals surface area (Å²) in [6.07, 6.45) is 7.88. The number of imidazole rings is 1. The number of fused-ring (bicyclic) bond motifs is 1. The number of hydrogen-bond acceptors (Lipinski definition) is 4. The standard InChI is InChI=1S/C21H25FN4O/c1-4-13(8-15-9-17(22)18(27-3)7-12(15)2)19(14-5-6-14)16-10-25-26-21-20(16)23-11-24-21/h7,9-11,13-14,19H,4-6,8H2,1-3H3,(H,23,24,26). The summed E-state index contributed by atoms with van der Waals surface area (Å²) >= 11 is 0. The first-order chi connectivity index (χ1) is 13.1. The average Bonchev–Trinajstić information content (AvgIpc) is 3.38. The number of nitrogens with one attached hydrogen (secondary N) is 1. The molecule has 142 valence electrons. The predicted molar refractivity (Wildman–Crippen MR) is 102 cm³/mol. The average molecular weight is 368 g/mol. The van der Waals surface area contributed by atoms with E-state index in [0.717, 1.165) is 29.5 Å². The molecule has 2 atom stereocenters. The molecule has 2 unspecified atom stereocenters. The molecule has 1 N–H and O–H groups in total.